The van der Waals surface area contributed by atoms with Gasteiger partial charge in [0, 0.05) is 45.2 Å². The summed E-state index contributed by atoms with van der Waals surface area (Å²) in [6.45, 7) is 4.40. The van der Waals surface area contributed by atoms with Gasteiger partial charge in [-0.1, -0.05) is 22.9 Å². The number of benzene rings is 2. The molecule has 0 aliphatic carbocycles. The molecule has 0 spiro atoms. The molecule has 0 radical (unpaired) electrons. The molecule has 1 aromatic heterocycles. The van der Waals surface area contributed by atoms with Crippen molar-refractivity contribution < 1.29 is 27.1 Å². The number of thiazole rings is 1. The fourth-order valence-corrected chi connectivity index (χ4v) is 7.66. The number of carbonyl (C=O) groups excluding carboxylic acids is 1. The quantitative estimate of drug-likeness (QED) is 0.366. The van der Waals surface area contributed by atoms with E-state index in [-0.39, 0.29) is 42.2 Å². The van der Waals surface area contributed by atoms with Crippen molar-refractivity contribution in [2.45, 2.75) is 17.7 Å². The number of fused-ring (bicyclic) bond motifs is 1. The van der Waals surface area contributed by atoms with Crippen LogP contribution in [0.4, 0.5) is 9.52 Å². The predicted octanol–water partition coefficient (Wildman–Crippen LogP) is 4.29. The first-order chi connectivity index (χ1) is 18.8. The smallest absolute Gasteiger partial charge is 0.243 e. The van der Waals surface area contributed by atoms with Crippen LogP contribution in [0.5, 0.6) is 5.75 Å². The fraction of sp³-hybridized carbons (Fsp3) is 0.462. The van der Waals surface area contributed by atoms with Gasteiger partial charge in [0.15, 0.2) is 5.13 Å². The highest BCUT2D eigenvalue weighted by Gasteiger charge is 2.35. The maximum Gasteiger partial charge on any atom is 0.243 e. The molecule has 0 atom stereocenters. The maximum absolute atomic E-state index is 13.9. The number of sulfonamides is 1. The maximum atomic E-state index is 13.9. The first-order valence-corrected chi connectivity index (χ1v) is 15.4. The Morgan fingerprint density at radius 1 is 1.15 bits per heavy atom. The third kappa shape index (κ3) is 6.53. The minimum atomic E-state index is -3.77. The van der Waals surface area contributed by atoms with E-state index in [1.165, 1.54) is 27.8 Å². The summed E-state index contributed by atoms with van der Waals surface area (Å²) in [5.74, 6) is -0.365. The molecule has 3 heterocycles. The molecule has 2 fully saturated rings. The number of hydrogen-bond acceptors (Lipinski definition) is 8. The minimum Gasteiger partial charge on any atom is -0.494 e. The topological polar surface area (TPSA) is 92.3 Å². The Hall–Kier alpha value is -2.06. The van der Waals surface area contributed by atoms with Crippen LogP contribution in [0.15, 0.2) is 41.3 Å². The number of nitrogens with zero attached hydrogens (tertiary/aromatic N) is 4. The van der Waals surface area contributed by atoms with Gasteiger partial charge in [-0.05, 0) is 49.2 Å². The standard InChI is InChI=1S/C26H30ClFN4O5S2.ClH/c1-36-22-7-6-21(27)24-23(22)29-26(38-24)32(13-12-30-14-16-37-17-15-30)25(33)18-8-10-31(11-9-18)39(34,35)20-4-2-19(28)3-5-20;/h2-7,18H,8-17H2,1H3;1H. The zero-order valence-electron chi connectivity index (χ0n) is 21.9. The fourth-order valence-electron chi connectivity index (χ4n) is 4.91. The van der Waals surface area contributed by atoms with Gasteiger partial charge in [0.25, 0.3) is 0 Å². The van der Waals surface area contributed by atoms with Gasteiger partial charge in [-0.15, -0.1) is 12.4 Å². The number of ether oxygens (including phenoxy) is 2. The highest BCUT2D eigenvalue weighted by Crippen LogP contribution is 2.39. The van der Waals surface area contributed by atoms with Crippen LogP contribution in [-0.4, -0.2) is 88.1 Å². The first kappa shape index (κ1) is 30.9. The van der Waals surface area contributed by atoms with Crippen LogP contribution in [-0.2, 0) is 19.6 Å². The van der Waals surface area contributed by atoms with E-state index in [0.717, 1.165) is 29.9 Å². The Balaban J connectivity index is 0.00000370. The van der Waals surface area contributed by atoms with Crippen molar-refractivity contribution in [2.75, 3.05) is 64.5 Å². The van der Waals surface area contributed by atoms with Crippen molar-refractivity contribution in [1.82, 2.24) is 14.2 Å². The molecule has 2 saturated heterocycles. The van der Waals surface area contributed by atoms with Crippen LogP contribution in [0, 0.1) is 11.7 Å². The van der Waals surface area contributed by atoms with Crippen molar-refractivity contribution in [1.29, 1.82) is 0 Å². The van der Waals surface area contributed by atoms with Crippen molar-refractivity contribution in [2.24, 2.45) is 5.92 Å². The van der Waals surface area contributed by atoms with E-state index in [0.29, 0.717) is 60.6 Å². The zero-order chi connectivity index (χ0) is 27.6. The molecule has 1 amide bonds. The predicted molar refractivity (Wildman–Crippen MR) is 156 cm³/mol. The van der Waals surface area contributed by atoms with Gasteiger partial charge < -0.3 is 9.47 Å². The Morgan fingerprint density at radius 2 is 1.82 bits per heavy atom. The number of anilines is 1. The van der Waals surface area contributed by atoms with Gasteiger partial charge in [-0.25, -0.2) is 17.8 Å². The summed E-state index contributed by atoms with van der Waals surface area (Å²) in [4.78, 5) is 22.7. The van der Waals surface area contributed by atoms with Crippen LogP contribution in [0.2, 0.25) is 5.02 Å². The number of piperidine rings is 1. The summed E-state index contributed by atoms with van der Waals surface area (Å²) < 4.78 is 52.5. The number of amides is 1. The number of rotatable bonds is 8. The van der Waals surface area contributed by atoms with E-state index in [4.69, 9.17) is 26.1 Å². The molecule has 2 aromatic carbocycles. The molecule has 0 saturated carbocycles. The van der Waals surface area contributed by atoms with E-state index >= 15 is 0 Å². The molecule has 40 heavy (non-hydrogen) atoms. The molecule has 0 bridgehead atoms. The number of methoxy groups -OCH3 is 1. The van der Waals surface area contributed by atoms with Crippen LogP contribution >= 0.6 is 35.3 Å². The average molecular weight is 634 g/mol. The molecule has 5 rings (SSSR count). The highest BCUT2D eigenvalue weighted by molar-refractivity contribution is 7.89. The Labute approximate surface area is 248 Å². The zero-order valence-corrected chi connectivity index (χ0v) is 25.1. The van der Waals surface area contributed by atoms with Crippen molar-refractivity contribution in [3.8, 4) is 5.75 Å². The highest BCUT2D eigenvalue weighted by atomic mass is 35.5. The van der Waals surface area contributed by atoms with Gasteiger partial charge in [-0.3, -0.25) is 14.6 Å². The van der Waals surface area contributed by atoms with Gasteiger partial charge >= 0.3 is 0 Å². The van der Waals surface area contributed by atoms with Gasteiger partial charge in [0.05, 0.1) is 34.9 Å². The van der Waals surface area contributed by atoms with Crippen LogP contribution in [0.3, 0.4) is 0 Å². The summed E-state index contributed by atoms with van der Waals surface area (Å²) >= 11 is 7.80. The summed E-state index contributed by atoms with van der Waals surface area (Å²) in [5, 5.41) is 1.07. The van der Waals surface area contributed by atoms with Gasteiger partial charge in [0.2, 0.25) is 15.9 Å². The van der Waals surface area contributed by atoms with E-state index in [2.05, 4.69) is 4.90 Å². The van der Waals surface area contributed by atoms with Crippen molar-refractivity contribution in [3.63, 3.8) is 0 Å². The number of aromatic nitrogens is 1. The summed E-state index contributed by atoms with van der Waals surface area (Å²) in [5.41, 5.74) is 0.606. The summed E-state index contributed by atoms with van der Waals surface area (Å²) in [6, 6.07) is 8.31. The molecule has 14 heteroatoms. The second kappa shape index (κ2) is 13.3. The van der Waals surface area contributed by atoms with Gasteiger partial charge in [0.1, 0.15) is 17.1 Å². The van der Waals surface area contributed by atoms with Crippen LogP contribution in [0.1, 0.15) is 12.8 Å². The molecular weight excluding hydrogens is 602 g/mol. The summed E-state index contributed by atoms with van der Waals surface area (Å²) in [6.07, 6.45) is 0.755. The second-order valence-corrected chi connectivity index (χ2v) is 12.8. The SMILES string of the molecule is COc1ccc(Cl)c2sc(N(CCN3CCOCC3)C(=O)C3CCN(S(=O)(=O)c4ccc(F)cc4)CC3)nc12.Cl. The van der Waals surface area contributed by atoms with Crippen molar-refractivity contribution in [3.05, 3.63) is 47.2 Å². The number of morpholine rings is 1. The molecule has 0 N–H and O–H groups in total. The Kier molecular flexibility index (Phi) is 10.3. The van der Waals surface area contributed by atoms with E-state index < -0.39 is 15.8 Å². The van der Waals surface area contributed by atoms with Crippen LogP contribution < -0.4 is 9.64 Å². The van der Waals surface area contributed by atoms with E-state index in [1.54, 1.807) is 24.1 Å². The summed E-state index contributed by atoms with van der Waals surface area (Å²) in [7, 11) is -2.20. The minimum absolute atomic E-state index is 0. The van der Waals surface area contributed by atoms with Crippen LogP contribution in [0.25, 0.3) is 10.2 Å². The normalized spacial score (nSPS) is 17.5. The Bertz CT molecular complexity index is 1430. The number of carbonyl (C=O) groups is 1. The second-order valence-electron chi connectivity index (χ2n) is 9.50. The lowest BCUT2D eigenvalue weighted by molar-refractivity contribution is -0.123. The van der Waals surface area contributed by atoms with Crippen molar-refractivity contribution >= 4 is 66.6 Å². The number of halogens is 3. The van der Waals surface area contributed by atoms with E-state index in [1.807, 2.05) is 0 Å². The largest absolute Gasteiger partial charge is 0.494 e. The lowest BCUT2D eigenvalue weighted by Crippen LogP contribution is -2.47. The van der Waals surface area contributed by atoms with E-state index in [9.17, 15) is 17.6 Å². The average Bonchev–Trinajstić information content (AvgIpc) is 3.40. The molecular formula is C26H31Cl2FN4O5S2. The molecule has 2 aliphatic heterocycles. The lowest BCUT2D eigenvalue weighted by Gasteiger charge is -2.34. The Morgan fingerprint density at radius 3 is 2.48 bits per heavy atom. The third-order valence-electron chi connectivity index (χ3n) is 7.16. The first-order valence-electron chi connectivity index (χ1n) is 12.8. The molecule has 9 nitrogen and oxygen atoms in total. The lowest BCUT2D eigenvalue weighted by atomic mass is 9.96. The number of hydrogen-bond donors (Lipinski definition) is 0. The molecule has 218 valence electrons. The monoisotopic (exact) mass is 632 g/mol. The molecule has 3 aromatic rings. The van der Waals surface area contributed by atoms with Gasteiger partial charge in [-0.2, -0.15) is 4.31 Å². The molecule has 2 aliphatic rings. The third-order valence-corrected chi connectivity index (χ3v) is 10.6. The molecule has 0 unspecified atom stereocenters.